The lowest BCUT2D eigenvalue weighted by Gasteiger charge is -2.19. The van der Waals surface area contributed by atoms with Gasteiger partial charge in [0.2, 0.25) is 0 Å². The number of carbonyl (C=O) groups excluding carboxylic acids is 1. The molecule has 0 aliphatic heterocycles. The summed E-state index contributed by atoms with van der Waals surface area (Å²) >= 11 is 1.71. The second kappa shape index (κ2) is 8.65. The first kappa shape index (κ1) is 18.2. The number of benzene rings is 2. The van der Waals surface area contributed by atoms with E-state index in [9.17, 15) is 4.79 Å². The summed E-state index contributed by atoms with van der Waals surface area (Å²) in [6.45, 7) is 1.93. The molecule has 0 radical (unpaired) electrons. The molecule has 1 amide bonds. The van der Waals surface area contributed by atoms with Crippen LogP contribution in [0, 0.1) is 0 Å². The van der Waals surface area contributed by atoms with Crippen LogP contribution in [0.25, 0.3) is 0 Å². The van der Waals surface area contributed by atoms with Crippen LogP contribution in [0.2, 0.25) is 0 Å². The number of amides is 1. The second-order valence-corrected chi connectivity index (χ2v) is 7.09. The minimum atomic E-state index is -0.242. The van der Waals surface area contributed by atoms with Gasteiger partial charge in [-0.3, -0.25) is 4.79 Å². The number of carbonyl (C=O) groups is 1. The lowest BCUT2D eigenvalue weighted by molar-refractivity contribution is -0.703. The maximum absolute atomic E-state index is 12.7. The Balaban J connectivity index is 1.73. The molecule has 3 N–H and O–H groups in total. The zero-order chi connectivity index (χ0) is 18.4. The third kappa shape index (κ3) is 4.50. The first-order valence-electron chi connectivity index (χ1n) is 8.55. The Labute approximate surface area is 157 Å². The van der Waals surface area contributed by atoms with E-state index in [1.807, 2.05) is 55.5 Å². The van der Waals surface area contributed by atoms with Crippen molar-refractivity contribution in [3.8, 4) is 5.75 Å². The van der Waals surface area contributed by atoms with Crippen molar-refractivity contribution in [2.75, 3.05) is 12.4 Å². The SMILES string of the molecule is COc1cccc(NC(=O)[C@H](C)[NH2+][C@H](c2ccccc2)c2cccs2)c1. The molecule has 5 heteroatoms. The van der Waals surface area contributed by atoms with Crippen molar-refractivity contribution in [2.45, 2.75) is 19.0 Å². The van der Waals surface area contributed by atoms with E-state index in [4.69, 9.17) is 4.74 Å². The van der Waals surface area contributed by atoms with E-state index < -0.39 is 0 Å². The van der Waals surface area contributed by atoms with Gasteiger partial charge in [0, 0.05) is 17.3 Å². The van der Waals surface area contributed by atoms with Crippen molar-refractivity contribution < 1.29 is 14.8 Å². The summed E-state index contributed by atoms with van der Waals surface area (Å²) in [6.07, 6.45) is 0. The number of thiophene rings is 1. The van der Waals surface area contributed by atoms with Crippen molar-refractivity contribution in [1.29, 1.82) is 0 Å². The molecule has 0 fully saturated rings. The van der Waals surface area contributed by atoms with Gasteiger partial charge in [0.05, 0.1) is 12.0 Å². The third-order valence-electron chi connectivity index (χ3n) is 4.24. The Morgan fingerprint density at radius 3 is 2.58 bits per heavy atom. The molecule has 134 valence electrons. The number of hydrogen-bond acceptors (Lipinski definition) is 3. The lowest BCUT2D eigenvalue weighted by atomic mass is 10.0. The largest absolute Gasteiger partial charge is 0.497 e. The molecule has 3 aromatic rings. The van der Waals surface area contributed by atoms with Crippen LogP contribution in [-0.4, -0.2) is 19.1 Å². The second-order valence-electron chi connectivity index (χ2n) is 6.11. The average Bonchev–Trinajstić information content (AvgIpc) is 3.21. The number of hydrogen-bond donors (Lipinski definition) is 2. The maximum atomic E-state index is 12.7. The lowest BCUT2D eigenvalue weighted by Crippen LogP contribution is -2.92. The molecule has 0 bridgehead atoms. The van der Waals surface area contributed by atoms with Gasteiger partial charge < -0.3 is 15.4 Å². The molecule has 2 atom stereocenters. The summed E-state index contributed by atoms with van der Waals surface area (Å²) in [4.78, 5) is 13.9. The Bertz CT molecular complexity index is 834. The summed E-state index contributed by atoms with van der Waals surface area (Å²) < 4.78 is 5.21. The quantitative estimate of drug-likeness (QED) is 0.672. The molecule has 26 heavy (non-hydrogen) atoms. The van der Waals surface area contributed by atoms with E-state index >= 15 is 0 Å². The molecule has 0 unspecified atom stereocenters. The van der Waals surface area contributed by atoms with Crippen LogP contribution >= 0.6 is 11.3 Å². The summed E-state index contributed by atoms with van der Waals surface area (Å²) in [5, 5.41) is 7.15. The molecule has 1 heterocycles. The van der Waals surface area contributed by atoms with Gasteiger partial charge in [-0.15, -0.1) is 11.3 Å². The van der Waals surface area contributed by atoms with E-state index in [-0.39, 0.29) is 18.0 Å². The molecule has 0 saturated carbocycles. The highest BCUT2D eigenvalue weighted by Crippen LogP contribution is 2.23. The van der Waals surface area contributed by atoms with Gasteiger partial charge in [0.25, 0.3) is 5.91 Å². The fourth-order valence-corrected chi connectivity index (χ4v) is 3.66. The van der Waals surface area contributed by atoms with Crippen LogP contribution < -0.4 is 15.4 Å². The first-order valence-corrected chi connectivity index (χ1v) is 9.43. The van der Waals surface area contributed by atoms with Gasteiger partial charge in [0.15, 0.2) is 6.04 Å². The van der Waals surface area contributed by atoms with Gasteiger partial charge in [-0.05, 0) is 30.5 Å². The predicted molar refractivity (Wildman–Crippen MR) is 106 cm³/mol. The molecule has 0 aliphatic rings. The van der Waals surface area contributed by atoms with Gasteiger partial charge in [0.1, 0.15) is 11.8 Å². The van der Waals surface area contributed by atoms with Crippen molar-refractivity contribution in [1.82, 2.24) is 0 Å². The van der Waals surface area contributed by atoms with Crippen LogP contribution in [-0.2, 0) is 4.79 Å². The highest BCUT2D eigenvalue weighted by Gasteiger charge is 2.25. The molecular weight excluding hydrogens is 344 g/mol. The zero-order valence-corrected chi connectivity index (χ0v) is 15.7. The summed E-state index contributed by atoms with van der Waals surface area (Å²) in [5.41, 5.74) is 1.93. The number of rotatable bonds is 7. The minimum absolute atomic E-state index is 0.0317. The number of nitrogens with two attached hydrogens (primary N) is 1. The summed E-state index contributed by atoms with van der Waals surface area (Å²) in [7, 11) is 1.61. The maximum Gasteiger partial charge on any atom is 0.282 e. The number of methoxy groups -OCH3 is 1. The van der Waals surface area contributed by atoms with Crippen LogP contribution in [0.5, 0.6) is 5.75 Å². The Morgan fingerprint density at radius 1 is 1.08 bits per heavy atom. The topological polar surface area (TPSA) is 54.9 Å². The monoisotopic (exact) mass is 367 g/mol. The number of nitrogens with one attached hydrogen (secondary N) is 1. The molecule has 0 spiro atoms. The summed E-state index contributed by atoms with van der Waals surface area (Å²) in [6, 6.07) is 21.7. The minimum Gasteiger partial charge on any atom is -0.497 e. The van der Waals surface area contributed by atoms with Gasteiger partial charge in [-0.25, -0.2) is 0 Å². The predicted octanol–water partition coefficient (Wildman–Crippen LogP) is 3.44. The van der Waals surface area contributed by atoms with E-state index in [1.54, 1.807) is 18.4 Å². The van der Waals surface area contributed by atoms with Gasteiger partial charge in [-0.2, -0.15) is 0 Å². The Morgan fingerprint density at radius 2 is 1.88 bits per heavy atom. The Kier molecular flexibility index (Phi) is 6.04. The third-order valence-corrected chi connectivity index (χ3v) is 5.20. The summed E-state index contributed by atoms with van der Waals surface area (Å²) in [5.74, 6) is 0.691. The van der Waals surface area contributed by atoms with E-state index in [2.05, 4.69) is 34.2 Å². The number of anilines is 1. The fraction of sp³-hybridized carbons (Fsp3) is 0.190. The average molecular weight is 367 g/mol. The standard InChI is InChI=1S/C21H22N2O2S/c1-15(21(24)23-17-10-6-11-18(14-17)25-2)22-20(19-12-7-13-26-19)16-8-4-3-5-9-16/h3-15,20,22H,1-2H3,(H,23,24)/p+1/t15-,20+/m0/s1. The van der Waals surface area contributed by atoms with E-state index in [0.29, 0.717) is 0 Å². The van der Waals surface area contributed by atoms with Crippen molar-refractivity contribution in [3.63, 3.8) is 0 Å². The normalized spacial score (nSPS) is 13.0. The number of ether oxygens (including phenoxy) is 1. The Hall–Kier alpha value is -2.63. The van der Waals surface area contributed by atoms with Gasteiger partial charge in [-0.1, -0.05) is 42.5 Å². The van der Waals surface area contributed by atoms with E-state index in [1.165, 1.54) is 10.4 Å². The molecule has 0 aliphatic carbocycles. The van der Waals surface area contributed by atoms with Crippen LogP contribution in [0.15, 0.2) is 72.1 Å². The number of quaternary nitrogens is 1. The molecule has 0 saturated heterocycles. The molecule has 1 aromatic heterocycles. The molecular formula is C21H23N2O2S+. The van der Waals surface area contributed by atoms with Crippen molar-refractivity contribution in [2.24, 2.45) is 0 Å². The molecule has 3 rings (SSSR count). The van der Waals surface area contributed by atoms with Crippen LogP contribution in [0.1, 0.15) is 23.4 Å². The molecule has 2 aromatic carbocycles. The molecule has 4 nitrogen and oxygen atoms in total. The highest BCUT2D eigenvalue weighted by molar-refractivity contribution is 7.10. The smallest absolute Gasteiger partial charge is 0.282 e. The highest BCUT2D eigenvalue weighted by atomic mass is 32.1. The van der Waals surface area contributed by atoms with Crippen LogP contribution in [0.3, 0.4) is 0 Å². The van der Waals surface area contributed by atoms with Crippen molar-refractivity contribution >= 4 is 22.9 Å². The first-order chi connectivity index (χ1) is 12.7. The van der Waals surface area contributed by atoms with E-state index in [0.717, 1.165) is 11.4 Å². The zero-order valence-electron chi connectivity index (χ0n) is 14.9. The fourth-order valence-electron chi connectivity index (χ4n) is 2.83. The van der Waals surface area contributed by atoms with Gasteiger partial charge >= 0.3 is 0 Å². The van der Waals surface area contributed by atoms with Crippen molar-refractivity contribution in [3.05, 3.63) is 82.6 Å². The van der Waals surface area contributed by atoms with Crippen LogP contribution in [0.4, 0.5) is 5.69 Å².